The molecule has 0 heterocycles. The quantitative estimate of drug-likeness (QED) is 0.559. The summed E-state index contributed by atoms with van der Waals surface area (Å²) in [6.07, 6.45) is 2.16. The van der Waals surface area contributed by atoms with Crippen LogP contribution in [0.2, 0.25) is 0 Å². The number of carbonyl (C=O) groups excluding carboxylic acids is 3. The van der Waals surface area contributed by atoms with Gasteiger partial charge in [-0.25, -0.2) is 4.79 Å². The molecule has 2 aromatic carbocycles. The first-order chi connectivity index (χ1) is 14.1. The molecule has 3 rings (SSSR count). The predicted octanol–water partition coefficient (Wildman–Crippen LogP) is 1.49. The van der Waals surface area contributed by atoms with Crippen molar-refractivity contribution in [2.45, 2.75) is 24.9 Å². The van der Waals surface area contributed by atoms with E-state index in [4.69, 9.17) is 4.74 Å². The molecule has 0 aliphatic heterocycles. The first kappa shape index (κ1) is 20.5. The molecule has 0 bridgehead atoms. The highest BCUT2D eigenvalue weighted by Crippen LogP contribution is 2.19. The van der Waals surface area contributed by atoms with Crippen LogP contribution in [0.4, 0.5) is 0 Å². The summed E-state index contributed by atoms with van der Waals surface area (Å²) in [7, 11) is 1.24. The SMILES string of the molecule is COC(=O)[C@H](CNC(=O)CNC1CC1)NC(=O)c1ccc(-c2ccccc2)cc1. The maximum Gasteiger partial charge on any atom is 0.330 e. The summed E-state index contributed by atoms with van der Waals surface area (Å²) in [5.41, 5.74) is 2.46. The van der Waals surface area contributed by atoms with Crippen molar-refractivity contribution in [2.75, 3.05) is 20.2 Å². The standard InChI is InChI=1S/C22H25N3O4/c1-29-22(28)19(13-24-20(26)14-23-18-11-12-18)25-21(27)17-9-7-16(8-10-17)15-5-3-2-4-6-15/h2-10,18-19,23H,11-14H2,1H3,(H,24,26)(H,25,27)/t19-/m0/s1. The molecule has 3 N–H and O–H groups in total. The van der Waals surface area contributed by atoms with E-state index in [9.17, 15) is 14.4 Å². The molecule has 1 aliphatic rings. The van der Waals surface area contributed by atoms with Gasteiger partial charge in [0, 0.05) is 18.2 Å². The number of nitrogens with one attached hydrogen (secondary N) is 3. The number of amides is 2. The molecule has 1 atom stereocenters. The maximum absolute atomic E-state index is 12.5. The van der Waals surface area contributed by atoms with Crippen LogP contribution in [0.1, 0.15) is 23.2 Å². The zero-order valence-corrected chi connectivity index (χ0v) is 16.3. The van der Waals surface area contributed by atoms with Gasteiger partial charge >= 0.3 is 5.97 Å². The zero-order valence-electron chi connectivity index (χ0n) is 16.3. The van der Waals surface area contributed by atoms with Gasteiger partial charge in [-0.15, -0.1) is 0 Å². The first-order valence-corrected chi connectivity index (χ1v) is 9.61. The molecule has 29 heavy (non-hydrogen) atoms. The summed E-state index contributed by atoms with van der Waals surface area (Å²) in [5, 5.41) is 8.37. The molecule has 2 amide bonds. The minimum atomic E-state index is -0.967. The Hall–Kier alpha value is -3.19. The number of hydrogen-bond donors (Lipinski definition) is 3. The fourth-order valence-electron chi connectivity index (χ4n) is 2.82. The van der Waals surface area contributed by atoms with Crippen LogP contribution in [-0.4, -0.2) is 50.1 Å². The van der Waals surface area contributed by atoms with Crippen molar-refractivity contribution in [1.29, 1.82) is 0 Å². The molecule has 0 radical (unpaired) electrons. The monoisotopic (exact) mass is 395 g/mol. The van der Waals surface area contributed by atoms with Gasteiger partial charge in [-0.1, -0.05) is 42.5 Å². The number of ether oxygens (including phenoxy) is 1. The third-order valence-corrected chi connectivity index (χ3v) is 4.68. The Kier molecular flexibility index (Phi) is 6.97. The van der Waals surface area contributed by atoms with Crippen LogP contribution in [0.25, 0.3) is 11.1 Å². The van der Waals surface area contributed by atoms with Crippen LogP contribution in [0.3, 0.4) is 0 Å². The fourth-order valence-corrected chi connectivity index (χ4v) is 2.82. The second kappa shape index (κ2) is 9.84. The van der Waals surface area contributed by atoms with Gasteiger partial charge < -0.3 is 20.7 Å². The molecule has 0 spiro atoms. The average molecular weight is 395 g/mol. The van der Waals surface area contributed by atoms with Gasteiger partial charge in [0.2, 0.25) is 5.91 Å². The molecular formula is C22H25N3O4. The summed E-state index contributed by atoms with van der Waals surface area (Å²) in [4.78, 5) is 36.4. The molecule has 7 heteroatoms. The molecule has 1 aliphatic carbocycles. The van der Waals surface area contributed by atoms with Crippen molar-refractivity contribution in [3.8, 4) is 11.1 Å². The van der Waals surface area contributed by atoms with E-state index in [1.165, 1.54) is 7.11 Å². The summed E-state index contributed by atoms with van der Waals surface area (Å²) in [6, 6.07) is 16.4. The van der Waals surface area contributed by atoms with Gasteiger partial charge in [0.25, 0.3) is 5.91 Å². The summed E-state index contributed by atoms with van der Waals surface area (Å²) in [5.74, 6) is -1.26. The highest BCUT2D eigenvalue weighted by atomic mass is 16.5. The maximum atomic E-state index is 12.5. The highest BCUT2D eigenvalue weighted by molar-refractivity contribution is 5.97. The van der Waals surface area contributed by atoms with E-state index >= 15 is 0 Å². The van der Waals surface area contributed by atoms with Gasteiger partial charge in [0.05, 0.1) is 13.7 Å². The van der Waals surface area contributed by atoms with Gasteiger partial charge in [0.1, 0.15) is 6.04 Å². The van der Waals surface area contributed by atoms with Gasteiger partial charge in [-0.05, 0) is 36.1 Å². The van der Waals surface area contributed by atoms with E-state index in [1.807, 2.05) is 42.5 Å². The predicted molar refractivity (Wildman–Crippen MR) is 109 cm³/mol. The smallest absolute Gasteiger partial charge is 0.330 e. The van der Waals surface area contributed by atoms with E-state index in [2.05, 4.69) is 16.0 Å². The van der Waals surface area contributed by atoms with Crippen molar-refractivity contribution in [3.05, 3.63) is 60.2 Å². The second-order valence-corrected chi connectivity index (χ2v) is 6.95. The zero-order chi connectivity index (χ0) is 20.6. The Bertz CT molecular complexity index is 848. The Morgan fingerprint density at radius 3 is 2.28 bits per heavy atom. The van der Waals surface area contributed by atoms with Crippen LogP contribution in [0.5, 0.6) is 0 Å². The molecule has 0 unspecified atom stereocenters. The van der Waals surface area contributed by atoms with E-state index in [0.717, 1.165) is 24.0 Å². The van der Waals surface area contributed by atoms with Gasteiger partial charge in [0.15, 0.2) is 0 Å². The third kappa shape index (κ3) is 6.15. The Balaban J connectivity index is 1.57. The number of carbonyl (C=O) groups is 3. The van der Waals surface area contributed by atoms with Gasteiger partial charge in [-0.2, -0.15) is 0 Å². The van der Waals surface area contributed by atoms with Crippen molar-refractivity contribution in [3.63, 3.8) is 0 Å². The molecular weight excluding hydrogens is 370 g/mol. The first-order valence-electron chi connectivity index (χ1n) is 9.61. The van der Waals surface area contributed by atoms with E-state index in [0.29, 0.717) is 11.6 Å². The van der Waals surface area contributed by atoms with Crippen LogP contribution < -0.4 is 16.0 Å². The largest absolute Gasteiger partial charge is 0.467 e. The van der Waals surface area contributed by atoms with Crippen molar-refractivity contribution in [2.24, 2.45) is 0 Å². The Labute approximate surface area is 169 Å². The van der Waals surface area contributed by atoms with Crippen LogP contribution in [0.15, 0.2) is 54.6 Å². The van der Waals surface area contributed by atoms with Crippen LogP contribution in [-0.2, 0) is 14.3 Å². The Morgan fingerprint density at radius 2 is 1.66 bits per heavy atom. The summed E-state index contributed by atoms with van der Waals surface area (Å²) in [6.45, 7) is 0.152. The summed E-state index contributed by atoms with van der Waals surface area (Å²) < 4.78 is 4.75. The molecule has 2 aromatic rings. The minimum absolute atomic E-state index is 0.0360. The molecule has 0 aromatic heterocycles. The molecule has 152 valence electrons. The molecule has 0 saturated heterocycles. The number of methoxy groups -OCH3 is 1. The van der Waals surface area contributed by atoms with Crippen LogP contribution >= 0.6 is 0 Å². The summed E-state index contributed by atoms with van der Waals surface area (Å²) >= 11 is 0. The van der Waals surface area contributed by atoms with Crippen LogP contribution in [0, 0.1) is 0 Å². The third-order valence-electron chi connectivity index (χ3n) is 4.68. The molecule has 7 nitrogen and oxygen atoms in total. The second-order valence-electron chi connectivity index (χ2n) is 6.95. The van der Waals surface area contributed by atoms with E-state index < -0.39 is 17.9 Å². The molecule has 1 fully saturated rings. The lowest BCUT2D eigenvalue weighted by Gasteiger charge is -2.17. The molecule has 1 saturated carbocycles. The normalized spacial score (nSPS) is 14.0. The highest BCUT2D eigenvalue weighted by Gasteiger charge is 2.24. The van der Waals surface area contributed by atoms with E-state index in [1.54, 1.807) is 12.1 Å². The lowest BCUT2D eigenvalue weighted by atomic mass is 10.0. The average Bonchev–Trinajstić information content (AvgIpc) is 3.59. The van der Waals surface area contributed by atoms with Crippen molar-refractivity contribution < 1.29 is 19.1 Å². The lowest BCUT2D eigenvalue weighted by molar-refractivity contribution is -0.142. The topological polar surface area (TPSA) is 96.5 Å². The minimum Gasteiger partial charge on any atom is -0.467 e. The van der Waals surface area contributed by atoms with E-state index in [-0.39, 0.29) is 19.0 Å². The van der Waals surface area contributed by atoms with Gasteiger partial charge in [-0.3, -0.25) is 9.59 Å². The van der Waals surface area contributed by atoms with Crippen molar-refractivity contribution >= 4 is 17.8 Å². The number of esters is 1. The number of rotatable bonds is 9. The van der Waals surface area contributed by atoms with Crippen molar-refractivity contribution in [1.82, 2.24) is 16.0 Å². The number of benzene rings is 2. The lowest BCUT2D eigenvalue weighted by Crippen LogP contribution is -2.50. The Morgan fingerprint density at radius 1 is 1.00 bits per heavy atom. The number of hydrogen-bond acceptors (Lipinski definition) is 5. The fraction of sp³-hybridized carbons (Fsp3) is 0.318.